The summed E-state index contributed by atoms with van der Waals surface area (Å²) >= 11 is 6.60. The lowest BCUT2D eigenvalue weighted by atomic mass is 9.91. The molecule has 2 fully saturated rings. The first-order valence-electron chi connectivity index (χ1n) is 13.7. The molecular weight excluding hydrogens is 619 g/mol. The van der Waals surface area contributed by atoms with Crippen LogP contribution in [0.5, 0.6) is 0 Å². The molecule has 1 N–H and O–H groups in total. The van der Waals surface area contributed by atoms with Crippen LogP contribution >= 0.6 is 38.6 Å². The molecule has 2 heterocycles. The molecule has 1 saturated carbocycles. The van der Waals surface area contributed by atoms with Crippen LogP contribution in [0, 0.1) is 5.82 Å². The topological polar surface area (TPSA) is 78.4 Å². The highest BCUT2D eigenvalue weighted by Gasteiger charge is 2.44. The highest BCUT2D eigenvalue weighted by atomic mass is 35.5. The van der Waals surface area contributed by atoms with E-state index in [1.165, 1.54) is 23.1 Å². The Labute approximate surface area is 268 Å². The number of halogens is 4. The molecule has 1 aliphatic heterocycles. The summed E-state index contributed by atoms with van der Waals surface area (Å²) in [6.45, 7) is 1.97. The monoisotopic (exact) mass is 653 g/mol. The van der Waals surface area contributed by atoms with Crippen molar-refractivity contribution >= 4 is 62.0 Å². The van der Waals surface area contributed by atoms with Gasteiger partial charge in [0.2, 0.25) is 17.8 Å². The minimum absolute atomic E-state index is 0. The number of alkyl halides is 2. The average molecular weight is 654 g/mol. The quantitative estimate of drug-likeness (QED) is 0.323. The molecule has 232 valence electrons. The van der Waals surface area contributed by atoms with Crippen LogP contribution in [0.25, 0.3) is 0 Å². The van der Waals surface area contributed by atoms with E-state index < -0.39 is 41.7 Å². The van der Waals surface area contributed by atoms with Gasteiger partial charge in [-0.25, -0.2) is 23.1 Å². The Hall–Kier alpha value is -2.96. The molecule has 13 heteroatoms. The Kier molecular flexibility index (Phi) is 11.8. The van der Waals surface area contributed by atoms with Gasteiger partial charge in [-0.1, -0.05) is 35.9 Å². The lowest BCUT2D eigenvalue weighted by Gasteiger charge is -2.37. The number of amides is 2. The van der Waals surface area contributed by atoms with Crippen LogP contribution in [0.2, 0.25) is 5.02 Å². The molecule has 1 saturated heterocycles. The van der Waals surface area contributed by atoms with Crippen molar-refractivity contribution in [3.8, 4) is 0 Å². The zero-order chi connectivity index (χ0) is 29.1. The lowest BCUT2D eigenvalue weighted by molar-refractivity contribution is -0.128. The Balaban J connectivity index is 0.00000253. The number of hydrogen-bond donors (Lipinski definition) is 1. The fourth-order valence-corrected chi connectivity index (χ4v) is 5.98. The highest BCUT2D eigenvalue weighted by Crippen LogP contribution is 2.38. The first-order chi connectivity index (χ1) is 19.6. The van der Waals surface area contributed by atoms with E-state index in [0.717, 1.165) is 0 Å². The third-order valence-corrected chi connectivity index (χ3v) is 8.17. The van der Waals surface area contributed by atoms with Crippen molar-refractivity contribution in [2.24, 2.45) is 0 Å². The summed E-state index contributed by atoms with van der Waals surface area (Å²) in [4.78, 5) is 40.5. The van der Waals surface area contributed by atoms with Gasteiger partial charge in [0.05, 0.1) is 0 Å². The van der Waals surface area contributed by atoms with Crippen LogP contribution in [0.3, 0.4) is 0 Å². The van der Waals surface area contributed by atoms with Gasteiger partial charge in [-0.05, 0) is 62.9 Å². The molecule has 7 nitrogen and oxygen atoms in total. The van der Waals surface area contributed by atoms with E-state index in [1.54, 1.807) is 48.8 Å². The number of rotatable bonds is 7. The molecule has 2 amide bonds. The van der Waals surface area contributed by atoms with Crippen molar-refractivity contribution in [3.05, 3.63) is 83.4 Å². The Bertz CT molecular complexity index is 1400. The van der Waals surface area contributed by atoms with E-state index in [1.807, 2.05) is 11.8 Å². The predicted octanol–water partition coefficient (Wildman–Crippen LogP) is 6.32. The van der Waals surface area contributed by atoms with E-state index in [9.17, 15) is 22.8 Å². The lowest BCUT2D eigenvalue weighted by Crippen LogP contribution is -2.53. The van der Waals surface area contributed by atoms with Crippen molar-refractivity contribution in [2.75, 3.05) is 9.80 Å². The number of anilines is 2. The van der Waals surface area contributed by atoms with Crippen molar-refractivity contribution in [2.45, 2.75) is 75.5 Å². The Morgan fingerprint density at radius 2 is 1.67 bits per heavy atom. The second kappa shape index (κ2) is 14.7. The number of carbonyl (C=O) groups excluding carboxylic acids is 2. The van der Waals surface area contributed by atoms with Crippen molar-refractivity contribution in [1.82, 2.24) is 15.3 Å². The number of nitrogens with zero attached hydrogens (tertiary/aromatic N) is 4. The SMILES string of the molecule is C[C@H]1CCC(C(=O)N(c2cccc(F)c2)[C@H](C(=O)NC2CCC(F)(F)CC2)c2ccccc2Cl)N1c1ncccn1.S.S. The molecule has 2 aromatic carbocycles. The van der Waals surface area contributed by atoms with Gasteiger partial charge in [-0.3, -0.25) is 14.5 Å². The van der Waals surface area contributed by atoms with Gasteiger partial charge < -0.3 is 10.2 Å². The minimum Gasteiger partial charge on any atom is -0.351 e. The normalized spacial score (nSPS) is 20.3. The van der Waals surface area contributed by atoms with Gasteiger partial charge in [0.25, 0.3) is 5.91 Å². The summed E-state index contributed by atoms with van der Waals surface area (Å²) in [6, 6.07) is 11.2. The van der Waals surface area contributed by atoms with Gasteiger partial charge in [0.1, 0.15) is 17.9 Å². The Morgan fingerprint density at radius 1 is 1.00 bits per heavy atom. The van der Waals surface area contributed by atoms with Gasteiger partial charge >= 0.3 is 0 Å². The number of carbonyl (C=O) groups is 2. The van der Waals surface area contributed by atoms with E-state index >= 15 is 0 Å². The average Bonchev–Trinajstić information content (AvgIpc) is 3.34. The second-order valence-corrected chi connectivity index (χ2v) is 11.1. The van der Waals surface area contributed by atoms with Crippen molar-refractivity contribution in [1.29, 1.82) is 0 Å². The molecule has 1 unspecified atom stereocenters. The zero-order valence-corrected chi connectivity index (χ0v) is 26.3. The maximum atomic E-state index is 14.6. The smallest absolute Gasteiger partial charge is 0.250 e. The summed E-state index contributed by atoms with van der Waals surface area (Å²) in [6.07, 6.45) is 3.83. The fraction of sp³-hybridized carbons (Fsp3) is 0.400. The second-order valence-electron chi connectivity index (χ2n) is 10.6. The molecule has 1 aromatic heterocycles. The number of benzene rings is 2. The van der Waals surface area contributed by atoms with Crippen LogP contribution in [-0.2, 0) is 9.59 Å². The first-order valence-corrected chi connectivity index (χ1v) is 14.1. The van der Waals surface area contributed by atoms with Crippen LogP contribution in [0.15, 0.2) is 67.0 Å². The van der Waals surface area contributed by atoms with E-state index in [-0.39, 0.29) is 69.4 Å². The molecule has 2 aliphatic rings. The Morgan fingerprint density at radius 3 is 2.33 bits per heavy atom. The molecule has 3 atom stereocenters. The first kappa shape index (κ1) is 34.5. The molecule has 5 rings (SSSR count). The fourth-order valence-electron chi connectivity index (χ4n) is 5.74. The van der Waals surface area contributed by atoms with Crippen LogP contribution in [0.4, 0.5) is 24.8 Å². The highest BCUT2D eigenvalue weighted by molar-refractivity contribution is 7.59. The zero-order valence-electron chi connectivity index (χ0n) is 23.5. The molecule has 43 heavy (non-hydrogen) atoms. The van der Waals surface area contributed by atoms with Gasteiger partial charge in [-0.2, -0.15) is 27.0 Å². The molecule has 3 aromatic rings. The molecule has 0 radical (unpaired) electrons. The molecule has 1 aliphatic carbocycles. The summed E-state index contributed by atoms with van der Waals surface area (Å²) in [7, 11) is 0. The van der Waals surface area contributed by atoms with E-state index in [0.29, 0.717) is 24.4 Å². The van der Waals surface area contributed by atoms with Crippen molar-refractivity contribution < 1.29 is 22.8 Å². The van der Waals surface area contributed by atoms with E-state index in [2.05, 4.69) is 15.3 Å². The number of hydrogen-bond acceptors (Lipinski definition) is 5. The minimum atomic E-state index is -2.77. The number of nitrogens with one attached hydrogen (secondary N) is 1. The largest absolute Gasteiger partial charge is 0.351 e. The third kappa shape index (κ3) is 7.77. The summed E-state index contributed by atoms with van der Waals surface area (Å²) in [5.74, 6) is -4.02. The van der Waals surface area contributed by atoms with Crippen LogP contribution < -0.4 is 15.1 Å². The van der Waals surface area contributed by atoms with Gasteiger partial charge in [0.15, 0.2) is 0 Å². The number of aromatic nitrogens is 2. The van der Waals surface area contributed by atoms with Gasteiger partial charge in [0, 0.05) is 53.6 Å². The summed E-state index contributed by atoms with van der Waals surface area (Å²) in [5.41, 5.74) is 0.498. The van der Waals surface area contributed by atoms with Crippen LogP contribution in [-0.4, -0.2) is 45.8 Å². The van der Waals surface area contributed by atoms with Crippen molar-refractivity contribution in [3.63, 3.8) is 0 Å². The summed E-state index contributed by atoms with van der Waals surface area (Å²) in [5, 5.41) is 3.12. The molecule has 0 spiro atoms. The molecule has 0 bridgehead atoms. The van der Waals surface area contributed by atoms with Crippen LogP contribution in [0.1, 0.15) is 57.1 Å². The predicted molar refractivity (Wildman–Crippen MR) is 171 cm³/mol. The third-order valence-electron chi connectivity index (χ3n) is 7.83. The maximum Gasteiger partial charge on any atom is 0.250 e. The standard InChI is InChI=1S/C30H31ClF3N5O2.2H2S/c1-19-10-11-25(38(19)29-35-16-5-17-36-29)28(41)39(22-7-4-6-20(32)18-22)26(23-8-2-3-9-24(23)31)27(40)37-21-12-14-30(33,34)15-13-21;;/h2-9,16-19,21,25-26H,10-15H2,1H3,(H,37,40);2*1H2/t19-,25?,26-;;/m0../s1. The maximum absolute atomic E-state index is 14.6. The summed E-state index contributed by atoms with van der Waals surface area (Å²) < 4.78 is 42.3. The van der Waals surface area contributed by atoms with E-state index in [4.69, 9.17) is 11.6 Å². The van der Waals surface area contributed by atoms with Gasteiger partial charge in [-0.15, -0.1) is 0 Å². The molecular formula is C30H35ClF3N5O2S2.